The summed E-state index contributed by atoms with van der Waals surface area (Å²) in [6.45, 7) is 6.86. The fourth-order valence-corrected chi connectivity index (χ4v) is 1.61. The lowest BCUT2D eigenvalue weighted by atomic mass is 9.91. The zero-order valence-corrected chi connectivity index (χ0v) is 8.68. The maximum atomic E-state index is 9.31. The van der Waals surface area contributed by atoms with Crippen molar-refractivity contribution in [1.29, 1.82) is 0 Å². The minimum atomic E-state index is -0.164. The Labute approximate surface area is 80.5 Å². The van der Waals surface area contributed by atoms with Crippen molar-refractivity contribution in [1.82, 2.24) is 5.32 Å². The van der Waals surface area contributed by atoms with Crippen LogP contribution in [-0.4, -0.2) is 37.0 Å². The molecule has 0 aromatic rings. The van der Waals surface area contributed by atoms with E-state index in [0.29, 0.717) is 12.5 Å². The van der Waals surface area contributed by atoms with E-state index in [1.54, 1.807) is 0 Å². The van der Waals surface area contributed by atoms with Crippen molar-refractivity contribution in [3.8, 4) is 0 Å². The molecule has 0 aliphatic carbocycles. The number of rotatable bonds is 4. The predicted octanol–water partition coefficient (Wildman–Crippen LogP) is 0.773. The summed E-state index contributed by atoms with van der Waals surface area (Å²) in [4.78, 5) is 0. The lowest BCUT2D eigenvalue weighted by Gasteiger charge is -2.37. The average Bonchev–Trinajstić information content (AvgIpc) is 2.16. The molecule has 0 saturated carbocycles. The number of nitrogens with one attached hydrogen (secondary N) is 1. The Bertz CT molecular complexity index is 142. The molecule has 1 saturated heterocycles. The van der Waals surface area contributed by atoms with Crippen LogP contribution in [0.4, 0.5) is 0 Å². The van der Waals surface area contributed by atoms with Crippen LogP contribution < -0.4 is 5.32 Å². The van der Waals surface area contributed by atoms with Crippen LogP contribution in [0.5, 0.6) is 0 Å². The molecule has 0 aromatic heterocycles. The highest BCUT2D eigenvalue weighted by molar-refractivity contribution is 4.89. The van der Waals surface area contributed by atoms with Gasteiger partial charge in [-0.1, -0.05) is 13.8 Å². The van der Waals surface area contributed by atoms with Gasteiger partial charge in [-0.25, -0.2) is 0 Å². The molecule has 1 atom stereocenters. The van der Waals surface area contributed by atoms with Crippen molar-refractivity contribution in [2.24, 2.45) is 5.92 Å². The monoisotopic (exact) mass is 187 g/mol. The third-order valence-electron chi connectivity index (χ3n) is 2.63. The molecular weight excluding hydrogens is 166 g/mol. The van der Waals surface area contributed by atoms with Crippen molar-refractivity contribution in [3.63, 3.8) is 0 Å². The molecule has 1 aliphatic heterocycles. The number of hydrogen-bond acceptors (Lipinski definition) is 3. The molecule has 1 heterocycles. The minimum Gasteiger partial charge on any atom is -0.394 e. The van der Waals surface area contributed by atoms with Crippen LogP contribution in [0.25, 0.3) is 0 Å². The number of morpholine rings is 1. The highest BCUT2D eigenvalue weighted by atomic mass is 16.5. The summed E-state index contributed by atoms with van der Waals surface area (Å²) in [6, 6.07) is 0. The summed E-state index contributed by atoms with van der Waals surface area (Å²) in [6.07, 6.45) is 2.14. The van der Waals surface area contributed by atoms with E-state index in [4.69, 9.17) is 4.74 Å². The van der Waals surface area contributed by atoms with Crippen LogP contribution in [0.2, 0.25) is 0 Å². The second-order valence-corrected chi connectivity index (χ2v) is 4.35. The molecule has 78 valence electrons. The van der Waals surface area contributed by atoms with Crippen molar-refractivity contribution in [2.75, 3.05) is 26.4 Å². The lowest BCUT2D eigenvalue weighted by Crippen LogP contribution is -2.56. The van der Waals surface area contributed by atoms with E-state index >= 15 is 0 Å². The molecule has 13 heavy (non-hydrogen) atoms. The molecule has 1 rings (SSSR count). The highest BCUT2D eigenvalue weighted by Gasteiger charge is 2.31. The molecule has 1 fully saturated rings. The number of ether oxygens (including phenoxy) is 1. The quantitative estimate of drug-likeness (QED) is 0.683. The van der Waals surface area contributed by atoms with Gasteiger partial charge >= 0.3 is 0 Å². The van der Waals surface area contributed by atoms with E-state index in [-0.39, 0.29) is 12.1 Å². The van der Waals surface area contributed by atoms with Gasteiger partial charge in [-0.3, -0.25) is 0 Å². The van der Waals surface area contributed by atoms with Gasteiger partial charge in [0.1, 0.15) is 0 Å². The molecule has 3 nitrogen and oxygen atoms in total. The van der Waals surface area contributed by atoms with Gasteiger partial charge in [-0.2, -0.15) is 0 Å². The first kappa shape index (κ1) is 11.0. The van der Waals surface area contributed by atoms with E-state index in [0.717, 1.165) is 26.0 Å². The van der Waals surface area contributed by atoms with Gasteiger partial charge in [-0.15, -0.1) is 0 Å². The van der Waals surface area contributed by atoms with Crippen LogP contribution in [0.3, 0.4) is 0 Å². The topological polar surface area (TPSA) is 41.5 Å². The fourth-order valence-electron chi connectivity index (χ4n) is 1.61. The number of hydrogen-bond donors (Lipinski definition) is 2. The molecule has 0 aromatic carbocycles. The van der Waals surface area contributed by atoms with Gasteiger partial charge in [0, 0.05) is 6.54 Å². The van der Waals surface area contributed by atoms with Crippen LogP contribution in [0.15, 0.2) is 0 Å². The van der Waals surface area contributed by atoms with Crippen molar-refractivity contribution in [2.45, 2.75) is 32.2 Å². The minimum absolute atomic E-state index is 0.164. The Morgan fingerprint density at radius 3 is 2.77 bits per heavy atom. The first-order valence-electron chi connectivity index (χ1n) is 5.12. The van der Waals surface area contributed by atoms with Crippen LogP contribution in [0.1, 0.15) is 26.7 Å². The lowest BCUT2D eigenvalue weighted by molar-refractivity contribution is -0.00718. The van der Waals surface area contributed by atoms with Gasteiger partial charge in [-0.05, 0) is 18.8 Å². The molecule has 0 bridgehead atoms. The van der Waals surface area contributed by atoms with Crippen LogP contribution >= 0.6 is 0 Å². The summed E-state index contributed by atoms with van der Waals surface area (Å²) in [5, 5.41) is 12.7. The second-order valence-electron chi connectivity index (χ2n) is 4.35. The number of aliphatic hydroxyl groups is 1. The van der Waals surface area contributed by atoms with Gasteiger partial charge in [0.05, 0.1) is 25.4 Å². The summed E-state index contributed by atoms with van der Waals surface area (Å²) < 4.78 is 5.39. The predicted molar refractivity (Wildman–Crippen MR) is 52.7 cm³/mol. The van der Waals surface area contributed by atoms with Crippen LogP contribution in [-0.2, 0) is 4.74 Å². The fraction of sp³-hybridized carbons (Fsp3) is 1.00. The summed E-state index contributed by atoms with van der Waals surface area (Å²) in [7, 11) is 0. The largest absolute Gasteiger partial charge is 0.394 e. The molecule has 3 heteroatoms. The Kier molecular flexibility index (Phi) is 4.16. The van der Waals surface area contributed by atoms with E-state index < -0.39 is 0 Å². The summed E-state index contributed by atoms with van der Waals surface area (Å²) in [5.41, 5.74) is -0.164. The maximum absolute atomic E-state index is 9.31. The Morgan fingerprint density at radius 2 is 2.31 bits per heavy atom. The zero-order chi connectivity index (χ0) is 9.73. The number of aliphatic hydroxyl groups excluding tert-OH is 1. The molecule has 2 N–H and O–H groups in total. The SMILES string of the molecule is CC(C)CCC1(CO)COCCN1. The Morgan fingerprint density at radius 1 is 1.54 bits per heavy atom. The Balaban J connectivity index is 2.38. The van der Waals surface area contributed by atoms with E-state index in [9.17, 15) is 5.11 Å². The normalized spacial score (nSPS) is 29.5. The summed E-state index contributed by atoms with van der Waals surface area (Å²) >= 11 is 0. The standard InChI is InChI=1S/C10H21NO2/c1-9(2)3-4-10(7-12)8-13-6-5-11-10/h9,11-12H,3-8H2,1-2H3. The first-order valence-corrected chi connectivity index (χ1v) is 5.12. The first-order chi connectivity index (χ1) is 6.18. The van der Waals surface area contributed by atoms with Crippen LogP contribution in [0, 0.1) is 5.92 Å². The van der Waals surface area contributed by atoms with Gasteiger partial charge in [0.2, 0.25) is 0 Å². The van der Waals surface area contributed by atoms with Crippen molar-refractivity contribution >= 4 is 0 Å². The van der Waals surface area contributed by atoms with Gasteiger partial charge in [0.15, 0.2) is 0 Å². The van der Waals surface area contributed by atoms with Crippen molar-refractivity contribution < 1.29 is 9.84 Å². The third kappa shape index (κ3) is 3.25. The third-order valence-corrected chi connectivity index (χ3v) is 2.63. The van der Waals surface area contributed by atoms with Gasteiger partial charge in [0.25, 0.3) is 0 Å². The zero-order valence-electron chi connectivity index (χ0n) is 8.68. The van der Waals surface area contributed by atoms with Crippen molar-refractivity contribution in [3.05, 3.63) is 0 Å². The molecule has 1 unspecified atom stereocenters. The Hall–Kier alpha value is -0.120. The average molecular weight is 187 g/mol. The second kappa shape index (κ2) is 4.94. The molecule has 0 spiro atoms. The van der Waals surface area contributed by atoms with Gasteiger partial charge < -0.3 is 15.2 Å². The molecule has 1 aliphatic rings. The van der Waals surface area contributed by atoms with E-state index in [1.165, 1.54) is 0 Å². The molecule has 0 amide bonds. The smallest absolute Gasteiger partial charge is 0.0671 e. The summed E-state index contributed by atoms with van der Waals surface area (Å²) in [5.74, 6) is 0.687. The molecular formula is C10H21NO2. The molecule has 0 radical (unpaired) electrons. The van der Waals surface area contributed by atoms with E-state index in [1.807, 2.05) is 0 Å². The maximum Gasteiger partial charge on any atom is 0.0671 e. The highest BCUT2D eigenvalue weighted by Crippen LogP contribution is 2.19. The van der Waals surface area contributed by atoms with E-state index in [2.05, 4.69) is 19.2 Å².